The summed E-state index contributed by atoms with van der Waals surface area (Å²) in [5.74, 6) is -0.553. The lowest BCUT2D eigenvalue weighted by molar-refractivity contribution is 0.0606. The molecule has 0 saturated carbocycles. The van der Waals surface area contributed by atoms with Crippen LogP contribution >= 0.6 is 11.3 Å². The monoisotopic (exact) mass is 291 g/mol. The third-order valence-corrected chi connectivity index (χ3v) is 6.09. The van der Waals surface area contributed by atoms with Crippen LogP contribution in [0.4, 0.5) is 0 Å². The van der Waals surface area contributed by atoms with Crippen LogP contribution in [0.2, 0.25) is 0 Å². The second-order valence-corrected chi connectivity index (χ2v) is 7.16. The molecule has 100 valence electrons. The lowest BCUT2D eigenvalue weighted by Gasteiger charge is -2.13. The summed E-state index contributed by atoms with van der Waals surface area (Å²) in [7, 11) is -2.37. The van der Waals surface area contributed by atoms with Crippen molar-refractivity contribution in [1.29, 1.82) is 0 Å². The van der Waals surface area contributed by atoms with Gasteiger partial charge in [-0.3, -0.25) is 0 Å². The minimum absolute atomic E-state index is 0.0944. The van der Waals surface area contributed by atoms with Gasteiger partial charge in [0.1, 0.15) is 9.09 Å². The molecule has 1 atom stereocenters. The fourth-order valence-corrected chi connectivity index (χ4v) is 4.60. The molecule has 0 amide bonds. The summed E-state index contributed by atoms with van der Waals surface area (Å²) in [6.45, 7) is 0.406. The molecule has 2 rings (SSSR count). The van der Waals surface area contributed by atoms with Gasteiger partial charge in [-0.1, -0.05) is 0 Å². The van der Waals surface area contributed by atoms with Gasteiger partial charge in [0, 0.05) is 13.1 Å². The van der Waals surface area contributed by atoms with Gasteiger partial charge in [0.25, 0.3) is 10.0 Å². The van der Waals surface area contributed by atoms with Gasteiger partial charge in [-0.05, 0) is 18.6 Å². The summed E-state index contributed by atoms with van der Waals surface area (Å²) in [6, 6.07) is 2.81. The van der Waals surface area contributed by atoms with Crippen molar-refractivity contribution in [2.45, 2.75) is 16.7 Å². The van der Waals surface area contributed by atoms with Gasteiger partial charge in [0.2, 0.25) is 0 Å². The van der Waals surface area contributed by atoms with Crippen LogP contribution in [0.5, 0.6) is 0 Å². The number of sulfonamides is 1. The number of methoxy groups -OCH3 is 1. The van der Waals surface area contributed by atoms with Crippen molar-refractivity contribution in [1.82, 2.24) is 4.31 Å². The minimum atomic E-state index is -3.61. The Morgan fingerprint density at radius 3 is 2.83 bits per heavy atom. The molecule has 0 bridgehead atoms. The molecule has 2 heterocycles. The SMILES string of the molecule is COC(=O)c1ccc(S(=O)(=O)N2CC[C@@H](O)C2)s1. The Morgan fingerprint density at radius 1 is 1.56 bits per heavy atom. The molecule has 0 unspecified atom stereocenters. The zero-order valence-corrected chi connectivity index (χ0v) is 11.3. The number of hydrogen-bond donors (Lipinski definition) is 1. The summed E-state index contributed by atoms with van der Waals surface area (Å²) < 4.78 is 30.2. The molecule has 0 aromatic carbocycles. The Balaban J connectivity index is 2.25. The highest BCUT2D eigenvalue weighted by molar-refractivity contribution is 7.91. The van der Waals surface area contributed by atoms with E-state index in [1.807, 2.05) is 0 Å². The molecule has 1 aromatic heterocycles. The first-order chi connectivity index (χ1) is 8.45. The van der Waals surface area contributed by atoms with Crippen molar-refractivity contribution in [2.75, 3.05) is 20.2 Å². The summed E-state index contributed by atoms with van der Waals surface area (Å²) in [6.07, 6.45) is -0.172. The van der Waals surface area contributed by atoms with Crippen LogP contribution in [0, 0.1) is 0 Å². The van der Waals surface area contributed by atoms with E-state index in [4.69, 9.17) is 0 Å². The highest BCUT2D eigenvalue weighted by Gasteiger charge is 2.33. The topological polar surface area (TPSA) is 83.9 Å². The standard InChI is InChI=1S/C10H13NO5S2/c1-16-10(13)8-2-3-9(17-8)18(14,15)11-5-4-7(12)6-11/h2-3,7,12H,4-6H2,1H3/t7-/m1/s1. The first kappa shape index (κ1) is 13.5. The Bertz CT molecular complexity index is 550. The van der Waals surface area contributed by atoms with Crippen molar-refractivity contribution in [3.63, 3.8) is 0 Å². The van der Waals surface area contributed by atoms with E-state index in [1.165, 1.54) is 23.5 Å². The molecule has 8 heteroatoms. The number of nitrogens with zero attached hydrogens (tertiary/aromatic N) is 1. The maximum Gasteiger partial charge on any atom is 0.348 e. The van der Waals surface area contributed by atoms with Crippen molar-refractivity contribution in [3.05, 3.63) is 17.0 Å². The van der Waals surface area contributed by atoms with Crippen LogP contribution in [0.1, 0.15) is 16.1 Å². The third-order valence-electron chi connectivity index (χ3n) is 2.69. The molecule has 1 aliphatic heterocycles. The molecule has 1 fully saturated rings. The van der Waals surface area contributed by atoms with E-state index >= 15 is 0 Å². The molecular weight excluding hydrogens is 278 g/mol. The van der Waals surface area contributed by atoms with Crippen LogP contribution in [-0.4, -0.2) is 50.1 Å². The van der Waals surface area contributed by atoms with Crippen molar-refractivity contribution in [2.24, 2.45) is 0 Å². The summed E-state index contributed by atoms with van der Waals surface area (Å²) in [4.78, 5) is 11.5. The maximum absolute atomic E-state index is 12.2. The lowest BCUT2D eigenvalue weighted by atomic mass is 10.3. The van der Waals surface area contributed by atoms with E-state index in [2.05, 4.69) is 4.74 Å². The predicted octanol–water partition coefficient (Wildman–Crippen LogP) is 0.290. The highest BCUT2D eigenvalue weighted by Crippen LogP contribution is 2.27. The first-order valence-electron chi connectivity index (χ1n) is 5.31. The normalized spacial score (nSPS) is 21.1. The number of carbonyl (C=O) groups is 1. The molecule has 1 N–H and O–H groups in total. The Kier molecular flexibility index (Phi) is 3.71. The minimum Gasteiger partial charge on any atom is -0.465 e. The number of hydrogen-bond acceptors (Lipinski definition) is 6. The van der Waals surface area contributed by atoms with E-state index in [0.717, 1.165) is 11.3 Å². The second kappa shape index (κ2) is 4.96. The van der Waals surface area contributed by atoms with E-state index in [9.17, 15) is 18.3 Å². The number of rotatable bonds is 3. The average molecular weight is 291 g/mol. The quantitative estimate of drug-likeness (QED) is 0.809. The van der Waals surface area contributed by atoms with Gasteiger partial charge in [-0.2, -0.15) is 4.31 Å². The molecule has 6 nitrogen and oxygen atoms in total. The van der Waals surface area contributed by atoms with E-state index in [0.29, 0.717) is 13.0 Å². The largest absolute Gasteiger partial charge is 0.465 e. The molecule has 18 heavy (non-hydrogen) atoms. The first-order valence-corrected chi connectivity index (χ1v) is 7.57. The van der Waals surface area contributed by atoms with Crippen LogP contribution in [0.15, 0.2) is 16.3 Å². The number of esters is 1. The zero-order valence-electron chi connectivity index (χ0n) is 9.70. The highest BCUT2D eigenvalue weighted by atomic mass is 32.2. The van der Waals surface area contributed by atoms with Crippen LogP contribution in [0.25, 0.3) is 0 Å². The molecule has 1 saturated heterocycles. The van der Waals surface area contributed by atoms with Crippen LogP contribution in [-0.2, 0) is 14.8 Å². The third kappa shape index (κ3) is 2.41. The van der Waals surface area contributed by atoms with Gasteiger partial charge in [0.05, 0.1) is 13.2 Å². The van der Waals surface area contributed by atoms with Gasteiger partial charge < -0.3 is 9.84 Å². The fourth-order valence-electron chi connectivity index (χ4n) is 1.73. The van der Waals surface area contributed by atoms with Crippen molar-refractivity contribution in [3.8, 4) is 0 Å². The van der Waals surface area contributed by atoms with Crippen molar-refractivity contribution < 1.29 is 23.1 Å². The number of ether oxygens (including phenoxy) is 1. The number of carbonyl (C=O) groups excluding carboxylic acids is 1. The molecule has 0 spiro atoms. The van der Waals surface area contributed by atoms with E-state index in [1.54, 1.807) is 0 Å². The molecule has 0 radical (unpaired) electrons. The zero-order chi connectivity index (χ0) is 13.3. The Morgan fingerprint density at radius 2 is 2.28 bits per heavy atom. The lowest BCUT2D eigenvalue weighted by Crippen LogP contribution is -2.29. The van der Waals surface area contributed by atoms with Gasteiger partial charge in [-0.15, -0.1) is 11.3 Å². The smallest absolute Gasteiger partial charge is 0.348 e. The predicted molar refractivity (Wildman–Crippen MR) is 65.0 cm³/mol. The van der Waals surface area contributed by atoms with Crippen LogP contribution in [0.3, 0.4) is 0 Å². The van der Waals surface area contributed by atoms with Gasteiger partial charge in [0.15, 0.2) is 0 Å². The van der Waals surface area contributed by atoms with E-state index in [-0.39, 0.29) is 15.6 Å². The summed E-state index contributed by atoms with van der Waals surface area (Å²) in [5.41, 5.74) is 0. The van der Waals surface area contributed by atoms with E-state index < -0.39 is 22.1 Å². The number of aliphatic hydroxyl groups is 1. The number of β-amino-alcohol motifs (C(OH)–C–C–N with tert-alkyl or cyclic N) is 1. The Hall–Kier alpha value is -0.960. The molecule has 1 aromatic rings. The summed E-state index contributed by atoms with van der Waals surface area (Å²) >= 11 is 0.875. The Labute approximate surface area is 109 Å². The average Bonchev–Trinajstić information content (AvgIpc) is 2.96. The van der Waals surface area contributed by atoms with Gasteiger partial charge >= 0.3 is 5.97 Å². The maximum atomic E-state index is 12.2. The fraction of sp³-hybridized carbons (Fsp3) is 0.500. The van der Waals surface area contributed by atoms with Crippen LogP contribution < -0.4 is 0 Å². The molecular formula is C10H13NO5S2. The van der Waals surface area contributed by atoms with Gasteiger partial charge in [-0.25, -0.2) is 13.2 Å². The second-order valence-electron chi connectivity index (χ2n) is 3.92. The number of aliphatic hydroxyl groups excluding tert-OH is 1. The van der Waals surface area contributed by atoms with Crippen molar-refractivity contribution >= 4 is 27.3 Å². The molecule has 0 aliphatic carbocycles. The summed E-state index contributed by atoms with van der Waals surface area (Å²) in [5, 5.41) is 9.36. The number of thiophene rings is 1. The molecule has 1 aliphatic rings.